The Hall–Kier alpha value is -2.94. The minimum Gasteiger partial charge on any atom is -0.493 e. The van der Waals surface area contributed by atoms with E-state index in [1.54, 1.807) is 17.0 Å². The Morgan fingerprint density at radius 1 is 1.00 bits per heavy atom. The molecule has 0 aliphatic carbocycles. The molecule has 29 heavy (non-hydrogen) atoms. The predicted molar refractivity (Wildman–Crippen MR) is 106 cm³/mol. The molecule has 2 aliphatic heterocycles. The van der Waals surface area contributed by atoms with Gasteiger partial charge in [0.2, 0.25) is 5.75 Å². The van der Waals surface area contributed by atoms with Gasteiger partial charge < -0.3 is 14.2 Å². The van der Waals surface area contributed by atoms with Crippen LogP contribution in [0.1, 0.15) is 10.9 Å². The first-order chi connectivity index (χ1) is 14.0. The summed E-state index contributed by atoms with van der Waals surface area (Å²) in [6.07, 6.45) is 0. The van der Waals surface area contributed by atoms with E-state index >= 15 is 0 Å². The molecule has 2 heterocycles. The number of amides is 3. The first kappa shape index (κ1) is 19.4. The van der Waals surface area contributed by atoms with Crippen LogP contribution >= 0.6 is 11.8 Å². The molecule has 0 unspecified atom stereocenters. The molecule has 2 saturated heterocycles. The van der Waals surface area contributed by atoms with Crippen LogP contribution in [0.25, 0.3) is 0 Å². The van der Waals surface area contributed by atoms with Crippen LogP contribution in [-0.2, 0) is 4.79 Å². The van der Waals surface area contributed by atoms with Crippen LogP contribution in [0.2, 0.25) is 0 Å². The Morgan fingerprint density at radius 3 is 2.17 bits per heavy atom. The van der Waals surface area contributed by atoms with E-state index in [2.05, 4.69) is 0 Å². The Morgan fingerprint density at radius 2 is 1.62 bits per heavy atom. The van der Waals surface area contributed by atoms with Crippen LogP contribution in [0.5, 0.6) is 17.2 Å². The highest BCUT2D eigenvalue weighted by Gasteiger charge is 2.53. The van der Waals surface area contributed by atoms with Crippen molar-refractivity contribution in [1.29, 1.82) is 0 Å². The average molecular weight is 418 g/mol. The van der Waals surface area contributed by atoms with Gasteiger partial charge in [-0.2, -0.15) is 0 Å². The molecule has 0 N–H and O–H groups in total. The smallest absolute Gasteiger partial charge is 0.333 e. The number of hydrogen-bond acceptors (Lipinski definition) is 6. The number of urea groups is 1. The minimum atomic E-state index is -0.582. The number of nitrogens with zero attached hydrogens (tertiary/aromatic N) is 2. The maximum atomic E-state index is 13.3. The zero-order valence-corrected chi connectivity index (χ0v) is 16.9. The summed E-state index contributed by atoms with van der Waals surface area (Å²) in [4.78, 5) is 28.7. The zero-order chi connectivity index (χ0) is 20.7. The van der Waals surface area contributed by atoms with Crippen molar-refractivity contribution in [2.45, 2.75) is 11.4 Å². The summed E-state index contributed by atoms with van der Waals surface area (Å²) in [7, 11) is 4.56. The van der Waals surface area contributed by atoms with E-state index in [9.17, 15) is 14.0 Å². The maximum absolute atomic E-state index is 13.3. The number of imide groups is 1. The van der Waals surface area contributed by atoms with E-state index < -0.39 is 23.3 Å². The molecule has 7 nitrogen and oxygen atoms in total. The minimum absolute atomic E-state index is 0.316. The molecule has 0 spiro atoms. The van der Waals surface area contributed by atoms with E-state index in [4.69, 9.17) is 14.2 Å². The van der Waals surface area contributed by atoms with Gasteiger partial charge in [0, 0.05) is 5.75 Å². The molecule has 0 bridgehead atoms. The molecule has 4 rings (SSSR count). The third-order valence-corrected chi connectivity index (χ3v) is 6.30. The number of methoxy groups -OCH3 is 3. The van der Waals surface area contributed by atoms with Gasteiger partial charge in [-0.15, -0.1) is 11.8 Å². The van der Waals surface area contributed by atoms with Gasteiger partial charge in [0.05, 0.1) is 27.0 Å². The number of carbonyl (C=O) groups excluding carboxylic acids is 2. The summed E-state index contributed by atoms with van der Waals surface area (Å²) < 4.78 is 29.4. The van der Waals surface area contributed by atoms with E-state index in [1.165, 1.54) is 57.4 Å². The number of carbonyl (C=O) groups is 2. The summed E-state index contributed by atoms with van der Waals surface area (Å²) in [6, 6.07) is 7.84. The van der Waals surface area contributed by atoms with Crippen LogP contribution in [0, 0.1) is 5.82 Å². The lowest BCUT2D eigenvalue weighted by Gasteiger charge is -2.24. The fourth-order valence-corrected chi connectivity index (χ4v) is 5.01. The van der Waals surface area contributed by atoms with E-state index in [0.29, 0.717) is 28.7 Å². The molecule has 9 heteroatoms. The molecule has 2 aromatic carbocycles. The topological polar surface area (TPSA) is 68.3 Å². The largest absolute Gasteiger partial charge is 0.493 e. The molecule has 2 fully saturated rings. The van der Waals surface area contributed by atoms with Gasteiger partial charge in [0.25, 0.3) is 5.91 Å². The third kappa shape index (κ3) is 3.05. The number of fused-ring (bicyclic) bond motifs is 1. The van der Waals surface area contributed by atoms with Gasteiger partial charge in [-0.25, -0.2) is 14.1 Å². The lowest BCUT2D eigenvalue weighted by molar-refractivity contribution is -0.119. The fourth-order valence-electron chi connectivity index (χ4n) is 3.62. The molecule has 152 valence electrons. The van der Waals surface area contributed by atoms with Gasteiger partial charge in [0.1, 0.15) is 17.2 Å². The highest BCUT2D eigenvalue weighted by Crippen LogP contribution is 2.49. The van der Waals surface area contributed by atoms with Crippen LogP contribution in [-0.4, -0.2) is 50.0 Å². The van der Waals surface area contributed by atoms with Gasteiger partial charge in [-0.05, 0) is 42.0 Å². The van der Waals surface area contributed by atoms with Crippen molar-refractivity contribution in [3.63, 3.8) is 0 Å². The molecular weight excluding hydrogens is 399 g/mol. The quantitative estimate of drug-likeness (QED) is 0.693. The Balaban J connectivity index is 1.71. The maximum Gasteiger partial charge on any atom is 0.333 e. The van der Waals surface area contributed by atoms with Crippen LogP contribution in [0.4, 0.5) is 14.9 Å². The number of ether oxygens (including phenoxy) is 3. The SMILES string of the molecule is COc1cc([C@H]2SC[C@H]3C(=O)N(c4ccc(F)cc4)C(=O)N23)cc(OC)c1OC. The number of hydrogen-bond donors (Lipinski definition) is 0. The van der Waals surface area contributed by atoms with E-state index in [1.807, 2.05) is 0 Å². The Kier molecular flexibility index (Phi) is 4.99. The molecule has 2 atom stereocenters. The summed E-state index contributed by atoms with van der Waals surface area (Å²) in [6.45, 7) is 0. The Bertz CT molecular complexity index is 943. The zero-order valence-electron chi connectivity index (χ0n) is 16.0. The van der Waals surface area contributed by atoms with Gasteiger partial charge in [-0.1, -0.05) is 0 Å². The molecule has 0 radical (unpaired) electrons. The first-order valence-electron chi connectivity index (χ1n) is 8.83. The van der Waals surface area contributed by atoms with Crippen molar-refractivity contribution in [3.8, 4) is 17.2 Å². The number of benzene rings is 2. The van der Waals surface area contributed by atoms with Crippen molar-refractivity contribution in [1.82, 2.24) is 4.90 Å². The molecule has 2 aromatic rings. The van der Waals surface area contributed by atoms with Gasteiger partial charge in [0.15, 0.2) is 11.5 Å². The van der Waals surface area contributed by atoms with E-state index in [0.717, 1.165) is 10.5 Å². The van der Waals surface area contributed by atoms with Crippen LogP contribution in [0.3, 0.4) is 0 Å². The average Bonchev–Trinajstić information content (AvgIpc) is 3.28. The van der Waals surface area contributed by atoms with Crippen molar-refractivity contribution >= 4 is 29.4 Å². The van der Waals surface area contributed by atoms with Crippen molar-refractivity contribution in [3.05, 3.63) is 47.8 Å². The highest BCUT2D eigenvalue weighted by molar-refractivity contribution is 7.99. The fraction of sp³-hybridized carbons (Fsp3) is 0.300. The second kappa shape index (κ2) is 7.47. The number of rotatable bonds is 5. The van der Waals surface area contributed by atoms with Crippen molar-refractivity contribution < 1.29 is 28.2 Å². The summed E-state index contributed by atoms with van der Waals surface area (Å²) >= 11 is 1.49. The molecular formula is C20H19FN2O5S. The normalized spacial score (nSPS) is 20.8. The van der Waals surface area contributed by atoms with Crippen LogP contribution in [0.15, 0.2) is 36.4 Å². The predicted octanol–water partition coefficient (Wildman–Crippen LogP) is 3.43. The summed E-state index contributed by atoms with van der Waals surface area (Å²) in [5.74, 6) is 1.11. The molecule has 3 amide bonds. The standard InChI is InChI=1S/C20H19FN2O5S/c1-26-15-8-11(9-16(27-2)17(15)28-3)19-23-14(10-29-19)18(24)22(20(23)25)13-6-4-12(21)5-7-13/h4-9,14,19H,10H2,1-3H3/t14-,19+/m0/s1. The lowest BCUT2D eigenvalue weighted by atomic mass is 10.1. The third-order valence-electron chi connectivity index (χ3n) is 4.98. The monoisotopic (exact) mass is 418 g/mol. The molecule has 2 aliphatic rings. The second-order valence-electron chi connectivity index (χ2n) is 6.50. The lowest BCUT2D eigenvalue weighted by Crippen LogP contribution is -2.33. The summed E-state index contributed by atoms with van der Waals surface area (Å²) in [5.41, 5.74) is 1.11. The number of thioether (sulfide) groups is 1. The van der Waals surface area contributed by atoms with E-state index in [-0.39, 0.29) is 5.91 Å². The van der Waals surface area contributed by atoms with Crippen LogP contribution < -0.4 is 19.1 Å². The van der Waals surface area contributed by atoms with Crippen molar-refractivity contribution in [2.75, 3.05) is 32.0 Å². The Labute approximate surface area is 171 Å². The molecule has 0 aromatic heterocycles. The van der Waals surface area contributed by atoms with Gasteiger partial charge in [-0.3, -0.25) is 9.69 Å². The highest BCUT2D eigenvalue weighted by atomic mass is 32.2. The van der Waals surface area contributed by atoms with Crippen molar-refractivity contribution in [2.24, 2.45) is 0 Å². The van der Waals surface area contributed by atoms with Gasteiger partial charge >= 0.3 is 6.03 Å². The first-order valence-corrected chi connectivity index (χ1v) is 9.88. The molecule has 0 saturated carbocycles. The number of halogens is 1. The second-order valence-corrected chi connectivity index (χ2v) is 7.61. The number of anilines is 1. The summed E-state index contributed by atoms with van der Waals surface area (Å²) in [5, 5.41) is -0.393.